The average molecular weight is 251 g/mol. The predicted molar refractivity (Wildman–Crippen MR) is 64.6 cm³/mol. The summed E-state index contributed by atoms with van der Waals surface area (Å²) in [6.45, 7) is 2.59. The standard InChI is InChI=1S/C6H4Cl2.C5H12O2/c7-5-3-1-2-4-6(5)8;1-2-3-4-5-7-6/h1-4H;6H,2-5H2,1H3. The van der Waals surface area contributed by atoms with Crippen molar-refractivity contribution in [1.29, 1.82) is 0 Å². The Balaban J connectivity index is 0.000000265. The number of halogens is 2. The van der Waals surface area contributed by atoms with Crippen LogP contribution in [0, 0.1) is 0 Å². The molecule has 0 bridgehead atoms. The third-order valence-electron chi connectivity index (χ3n) is 1.66. The van der Waals surface area contributed by atoms with Gasteiger partial charge in [-0.25, -0.2) is 4.89 Å². The Bertz CT molecular complexity index is 229. The molecule has 0 saturated heterocycles. The zero-order valence-electron chi connectivity index (χ0n) is 8.75. The van der Waals surface area contributed by atoms with Crippen LogP contribution in [0.5, 0.6) is 0 Å². The van der Waals surface area contributed by atoms with E-state index in [0.29, 0.717) is 16.7 Å². The molecule has 0 fully saturated rings. The Hall–Kier alpha value is -0.280. The van der Waals surface area contributed by atoms with E-state index in [2.05, 4.69) is 11.8 Å². The van der Waals surface area contributed by atoms with Crippen LogP contribution in [-0.2, 0) is 4.89 Å². The van der Waals surface area contributed by atoms with Crippen molar-refractivity contribution in [2.24, 2.45) is 0 Å². The molecule has 0 unspecified atom stereocenters. The Morgan fingerprint density at radius 1 is 1.13 bits per heavy atom. The second kappa shape index (κ2) is 10.2. The lowest BCUT2D eigenvalue weighted by atomic mass is 10.3. The summed E-state index contributed by atoms with van der Waals surface area (Å²) in [4.78, 5) is 3.84. The van der Waals surface area contributed by atoms with E-state index in [1.807, 2.05) is 12.1 Å². The molecule has 0 saturated carbocycles. The molecule has 0 radical (unpaired) electrons. The molecule has 15 heavy (non-hydrogen) atoms. The van der Waals surface area contributed by atoms with Crippen molar-refractivity contribution in [2.75, 3.05) is 6.61 Å². The van der Waals surface area contributed by atoms with E-state index >= 15 is 0 Å². The highest BCUT2D eigenvalue weighted by atomic mass is 35.5. The molecular weight excluding hydrogens is 235 g/mol. The van der Waals surface area contributed by atoms with Crippen LogP contribution in [0.25, 0.3) is 0 Å². The lowest BCUT2D eigenvalue weighted by Crippen LogP contribution is -1.86. The summed E-state index contributed by atoms with van der Waals surface area (Å²) in [5, 5.41) is 9.00. The molecule has 0 atom stereocenters. The minimum absolute atomic E-state index is 0.480. The second-order valence-electron chi connectivity index (χ2n) is 2.95. The van der Waals surface area contributed by atoms with Gasteiger partial charge in [0.15, 0.2) is 0 Å². The lowest BCUT2D eigenvalue weighted by molar-refractivity contribution is -0.242. The Kier molecular flexibility index (Phi) is 10.1. The van der Waals surface area contributed by atoms with Crippen LogP contribution in [0.1, 0.15) is 26.2 Å². The molecule has 0 aliphatic carbocycles. The first-order chi connectivity index (χ1) is 7.22. The summed E-state index contributed by atoms with van der Waals surface area (Å²) in [6, 6.07) is 7.19. The number of rotatable bonds is 4. The SMILES string of the molecule is CCCCCOO.Clc1ccccc1Cl. The first-order valence-electron chi connectivity index (χ1n) is 4.88. The van der Waals surface area contributed by atoms with Gasteiger partial charge in [0.25, 0.3) is 0 Å². The van der Waals surface area contributed by atoms with Gasteiger partial charge in [-0.3, -0.25) is 5.26 Å². The number of unbranched alkanes of at least 4 members (excludes halogenated alkanes) is 2. The maximum atomic E-state index is 7.79. The summed E-state index contributed by atoms with van der Waals surface area (Å²) in [5.41, 5.74) is 0. The van der Waals surface area contributed by atoms with Gasteiger partial charge in [0.05, 0.1) is 16.7 Å². The number of hydrogen-bond donors (Lipinski definition) is 1. The van der Waals surface area contributed by atoms with E-state index in [4.69, 9.17) is 28.5 Å². The van der Waals surface area contributed by atoms with E-state index in [1.165, 1.54) is 6.42 Å². The molecule has 0 aliphatic heterocycles. The number of benzene rings is 1. The summed E-state index contributed by atoms with van der Waals surface area (Å²) >= 11 is 11.2. The van der Waals surface area contributed by atoms with E-state index in [9.17, 15) is 0 Å². The van der Waals surface area contributed by atoms with Crippen molar-refractivity contribution < 1.29 is 10.1 Å². The lowest BCUT2D eigenvalue weighted by Gasteiger charge is -1.90. The van der Waals surface area contributed by atoms with Crippen LogP contribution in [-0.4, -0.2) is 11.9 Å². The third-order valence-corrected chi connectivity index (χ3v) is 2.42. The quantitative estimate of drug-likeness (QED) is 0.479. The molecule has 86 valence electrons. The van der Waals surface area contributed by atoms with Crippen molar-refractivity contribution in [1.82, 2.24) is 0 Å². The van der Waals surface area contributed by atoms with E-state index in [-0.39, 0.29) is 0 Å². The first-order valence-corrected chi connectivity index (χ1v) is 5.64. The van der Waals surface area contributed by atoms with Crippen LogP contribution in [0.15, 0.2) is 24.3 Å². The van der Waals surface area contributed by atoms with Crippen molar-refractivity contribution in [3.8, 4) is 0 Å². The van der Waals surface area contributed by atoms with Crippen molar-refractivity contribution in [3.05, 3.63) is 34.3 Å². The highest BCUT2D eigenvalue weighted by Crippen LogP contribution is 2.19. The Morgan fingerprint density at radius 2 is 1.67 bits per heavy atom. The summed E-state index contributed by atoms with van der Waals surface area (Å²) in [5.74, 6) is 0. The Morgan fingerprint density at radius 3 is 2.00 bits per heavy atom. The highest BCUT2D eigenvalue weighted by Gasteiger charge is 1.89. The first kappa shape index (κ1) is 14.7. The highest BCUT2D eigenvalue weighted by molar-refractivity contribution is 6.41. The molecule has 1 aromatic rings. The summed E-state index contributed by atoms with van der Waals surface area (Å²) in [6.07, 6.45) is 3.27. The predicted octanol–water partition coefficient (Wildman–Crippen LogP) is 4.66. The minimum atomic E-state index is 0.480. The van der Waals surface area contributed by atoms with Gasteiger partial charge >= 0.3 is 0 Å². The van der Waals surface area contributed by atoms with Gasteiger partial charge in [-0.2, -0.15) is 0 Å². The fourth-order valence-electron chi connectivity index (χ4n) is 0.856. The van der Waals surface area contributed by atoms with Crippen molar-refractivity contribution >= 4 is 23.2 Å². The normalized spacial score (nSPS) is 9.33. The van der Waals surface area contributed by atoms with E-state index in [1.54, 1.807) is 12.1 Å². The van der Waals surface area contributed by atoms with Gasteiger partial charge in [0.1, 0.15) is 0 Å². The van der Waals surface area contributed by atoms with Crippen LogP contribution >= 0.6 is 23.2 Å². The molecular formula is C11H16Cl2O2. The maximum Gasteiger partial charge on any atom is 0.0819 e. The van der Waals surface area contributed by atoms with Gasteiger partial charge in [-0.05, 0) is 18.6 Å². The third kappa shape index (κ3) is 8.70. The van der Waals surface area contributed by atoms with Crippen LogP contribution in [0.2, 0.25) is 10.0 Å². The van der Waals surface area contributed by atoms with Gasteiger partial charge < -0.3 is 0 Å². The molecule has 1 N–H and O–H groups in total. The molecule has 0 heterocycles. The summed E-state index contributed by atoms with van der Waals surface area (Å²) < 4.78 is 0. The average Bonchev–Trinajstić information content (AvgIpc) is 2.24. The fourth-order valence-corrected chi connectivity index (χ4v) is 1.13. The van der Waals surface area contributed by atoms with Gasteiger partial charge in [0, 0.05) is 0 Å². The molecule has 0 aliphatic rings. The molecule has 0 spiro atoms. The molecule has 2 nitrogen and oxygen atoms in total. The monoisotopic (exact) mass is 250 g/mol. The molecule has 1 rings (SSSR count). The van der Waals surface area contributed by atoms with Crippen LogP contribution < -0.4 is 0 Å². The van der Waals surface area contributed by atoms with E-state index < -0.39 is 0 Å². The van der Waals surface area contributed by atoms with Crippen LogP contribution in [0.4, 0.5) is 0 Å². The topological polar surface area (TPSA) is 29.5 Å². The molecule has 0 amide bonds. The molecule has 1 aromatic carbocycles. The fraction of sp³-hybridized carbons (Fsp3) is 0.455. The molecule has 4 heteroatoms. The van der Waals surface area contributed by atoms with Crippen LogP contribution in [0.3, 0.4) is 0 Å². The Labute approximate surface area is 101 Å². The van der Waals surface area contributed by atoms with Gasteiger partial charge in [-0.15, -0.1) is 0 Å². The van der Waals surface area contributed by atoms with Crippen molar-refractivity contribution in [2.45, 2.75) is 26.2 Å². The smallest absolute Gasteiger partial charge is 0.0819 e. The van der Waals surface area contributed by atoms with Crippen molar-refractivity contribution in [3.63, 3.8) is 0 Å². The zero-order chi connectivity index (χ0) is 11.5. The number of hydrogen-bond acceptors (Lipinski definition) is 2. The summed E-state index contributed by atoms with van der Waals surface area (Å²) in [7, 11) is 0. The minimum Gasteiger partial charge on any atom is -0.252 e. The zero-order valence-corrected chi connectivity index (χ0v) is 10.3. The van der Waals surface area contributed by atoms with Gasteiger partial charge in [0.2, 0.25) is 0 Å². The second-order valence-corrected chi connectivity index (χ2v) is 3.77. The van der Waals surface area contributed by atoms with E-state index in [0.717, 1.165) is 12.8 Å². The maximum absolute atomic E-state index is 7.79. The van der Waals surface area contributed by atoms with Gasteiger partial charge in [-0.1, -0.05) is 55.1 Å². The largest absolute Gasteiger partial charge is 0.252 e. The molecule has 0 aromatic heterocycles.